The molecule has 1 aromatic heterocycles. The molecule has 0 radical (unpaired) electrons. The van der Waals surface area contributed by atoms with E-state index in [-0.39, 0.29) is 11.9 Å². The van der Waals surface area contributed by atoms with E-state index in [1.807, 2.05) is 0 Å². The largest absolute Gasteiger partial charge is 0.354 e. The number of nitrogens with zero attached hydrogens (tertiary/aromatic N) is 1. The van der Waals surface area contributed by atoms with E-state index in [0.717, 1.165) is 19.4 Å². The summed E-state index contributed by atoms with van der Waals surface area (Å²) in [7, 11) is 0. The zero-order valence-corrected chi connectivity index (χ0v) is 9.00. The van der Waals surface area contributed by atoms with Crippen molar-refractivity contribution in [2.75, 3.05) is 11.9 Å². The Labute approximate surface area is 89.9 Å². The van der Waals surface area contributed by atoms with Crippen LogP contribution in [0.3, 0.4) is 0 Å². The molecule has 1 aromatic rings. The average Bonchev–Trinajstić information content (AvgIpc) is 2.56. The average molecular weight is 230 g/mol. The van der Waals surface area contributed by atoms with Gasteiger partial charge in [-0.2, -0.15) is 0 Å². The Bertz CT molecular complexity index is 385. The Kier molecular flexibility index (Phi) is 2.78. The molecule has 14 heavy (non-hydrogen) atoms. The van der Waals surface area contributed by atoms with Crippen molar-refractivity contribution in [1.82, 2.24) is 15.5 Å². The summed E-state index contributed by atoms with van der Waals surface area (Å²) < 4.78 is 0.615. The van der Waals surface area contributed by atoms with Gasteiger partial charge in [0, 0.05) is 6.54 Å². The van der Waals surface area contributed by atoms with E-state index in [1.54, 1.807) is 0 Å². The van der Waals surface area contributed by atoms with Gasteiger partial charge in [-0.1, -0.05) is 11.3 Å². The first-order valence-corrected chi connectivity index (χ1v) is 5.58. The van der Waals surface area contributed by atoms with Crippen molar-refractivity contribution < 1.29 is 4.79 Å². The normalized spacial score (nSPS) is 21.7. The molecule has 2 rings (SSSR count). The van der Waals surface area contributed by atoms with Crippen LogP contribution in [0.2, 0.25) is 0 Å². The third kappa shape index (κ3) is 2.10. The van der Waals surface area contributed by atoms with Gasteiger partial charge in [0.1, 0.15) is 6.04 Å². The molecule has 7 heteroatoms. The van der Waals surface area contributed by atoms with Gasteiger partial charge >= 0.3 is 0 Å². The third-order valence-electron chi connectivity index (χ3n) is 2.02. The summed E-state index contributed by atoms with van der Waals surface area (Å²) in [5.74, 6) is 0.0392. The van der Waals surface area contributed by atoms with E-state index >= 15 is 0 Å². The first-order valence-electron chi connectivity index (χ1n) is 4.35. The number of aromatic amines is 1. The number of rotatable bonds is 2. The van der Waals surface area contributed by atoms with E-state index in [9.17, 15) is 4.79 Å². The van der Waals surface area contributed by atoms with Crippen LogP contribution in [-0.4, -0.2) is 28.7 Å². The van der Waals surface area contributed by atoms with Crippen molar-refractivity contribution in [1.29, 1.82) is 0 Å². The molecule has 76 valence electrons. The number of amides is 1. The molecule has 0 aliphatic carbocycles. The fourth-order valence-corrected chi connectivity index (χ4v) is 2.19. The lowest BCUT2D eigenvalue weighted by atomic mass is 10.1. The molecule has 1 aliphatic heterocycles. The zero-order chi connectivity index (χ0) is 9.97. The van der Waals surface area contributed by atoms with Crippen LogP contribution in [0.15, 0.2) is 0 Å². The maximum absolute atomic E-state index is 11.4. The predicted octanol–water partition coefficient (Wildman–Crippen LogP) is 0.891. The molecular formula is C7H10N4OS2. The first kappa shape index (κ1) is 9.60. The zero-order valence-electron chi connectivity index (χ0n) is 7.37. The highest BCUT2D eigenvalue weighted by Crippen LogP contribution is 2.15. The molecule has 0 spiro atoms. The summed E-state index contributed by atoms with van der Waals surface area (Å²) in [4.78, 5) is 11.4. The van der Waals surface area contributed by atoms with Crippen molar-refractivity contribution in [2.45, 2.75) is 18.9 Å². The molecule has 0 aromatic carbocycles. The Morgan fingerprint density at radius 2 is 2.50 bits per heavy atom. The quantitative estimate of drug-likeness (QED) is 0.660. The first-order chi connectivity index (χ1) is 6.75. The lowest BCUT2D eigenvalue weighted by Gasteiger charge is -2.21. The molecular weight excluding hydrogens is 220 g/mol. The number of hydrogen-bond donors (Lipinski definition) is 3. The summed E-state index contributed by atoms with van der Waals surface area (Å²) >= 11 is 6.23. The van der Waals surface area contributed by atoms with Gasteiger partial charge in [0.25, 0.3) is 0 Å². The van der Waals surface area contributed by atoms with Gasteiger partial charge in [-0.3, -0.25) is 9.89 Å². The second-order valence-corrected chi connectivity index (χ2v) is 4.71. The Balaban J connectivity index is 2.02. The van der Waals surface area contributed by atoms with Gasteiger partial charge in [-0.05, 0) is 25.1 Å². The van der Waals surface area contributed by atoms with Gasteiger partial charge in [0.15, 0.2) is 3.95 Å². The number of carbonyl (C=O) groups is 1. The maximum Gasteiger partial charge on any atom is 0.242 e. The van der Waals surface area contributed by atoms with Gasteiger partial charge in [0.05, 0.1) is 0 Å². The van der Waals surface area contributed by atoms with Crippen molar-refractivity contribution >= 4 is 34.6 Å². The van der Waals surface area contributed by atoms with Crippen LogP contribution >= 0.6 is 23.6 Å². The van der Waals surface area contributed by atoms with Crippen LogP contribution in [0.1, 0.15) is 12.8 Å². The van der Waals surface area contributed by atoms with Crippen LogP contribution in [0.5, 0.6) is 0 Å². The molecule has 1 amide bonds. The Morgan fingerprint density at radius 1 is 1.64 bits per heavy atom. The predicted molar refractivity (Wildman–Crippen MR) is 57.0 cm³/mol. The van der Waals surface area contributed by atoms with E-state index < -0.39 is 0 Å². The summed E-state index contributed by atoms with van der Waals surface area (Å²) in [6.45, 7) is 0.771. The summed E-state index contributed by atoms with van der Waals surface area (Å²) in [5, 5.41) is 13.1. The topological polar surface area (TPSA) is 69.8 Å². The number of hydrogen-bond acceptors (Lipinski definition) is 5. The Morgan fingerprint density at radius 3 is 3.14 bits per heavy atom. The molecule has 2 heterocycles. The summed E-state index contributed by atoms with van der Waals surface area (Å²) in [5.41, 5.74) is 0. The van der Waals surface area contributed by atoms with Crippen LogP contribution in [-0.2, 0) is 4.79 Å². The minimum Gasteiger partial charge on any atom is -0.354 e. The number of carbonyl (C=O) groups excluding carboxylic acids is 1. The third-order valence-corrected chi connectivity index (χ3v) is 3.04. The second kappa shape index (κ2) is 4.05. The molecule has 1 saturated heterocycles. The van der Waals surface area contributed by atoms with Crippen molar-refractivity contribution in [3.8, 4) is 0 Å². The van der Waals surface area contributed by atoms with Crippen LogP contribution < -0.4 is 10.6 Å². The minimum atomic E-state index is -0.169. The van der Waals surface area contributed by atoms with Crippen LogP contribution in [0.4, 0.5) is 5.13 Å². The molecule has 3 N–H and O–H groups in total. The standard InChI is InChI=1S/C7H10N4OS2/c12-5-4(2-1-3-8-5)9-6-10-11-7(13)14-6/h4H,1-3H2,(H,8,12)(H,9,10)(H,11,13). The number of piperidine rings is 1. The molecule has 1 fully saturated rings. The van der Waals surface area contributed by atoms with Gasteiger partial charge in [-0.25, -0.2) is 0 Å². The highest BCUT2D eigenvalue weighted by molar-refractivity contribution is 7.73. The fourth-order valence-electron chi connectivity index (χ4n) is 1.35. The molecule has 0 saturated carbocycles. The van der Waals surface area contributed by atoms with Crippen LogP contribution in [0.25, 0.3) is 0 Å². The lowest BCUT2D eigenvalue weighted by Crippen LogP contribution is -2.44. The number of H-pyrrole nitrogens is 1. The monoisotopic (exact) mass is 230 g/mol. The molecule has 1 unspecified atom stereocenters. The summed E-state index contributed by atoms with van der Waals surface area (Å²) in [6.07, 6.45) is 1.84. The fraction of sp³-hybridized carbons (Fsp3) is 0.571. The smallest absolute Gasteiger partial charge is 0.242 e. The summed E-state index contributed by atoms with van der Waals surface area (Å²) in [6, 6.07) is -0.169. The maximum atomic E-state index is 11.4. The van der Waals surface area contributed by atoms with Gasteiger partial charge < -0.3 is 10.6 Å². The molecule has 0 bridgehead atoms. The SMILES string of the molecule is O=C1NCCCC1Nc1n[nH]c(=S)s1. The minimum absolute atomic E-state index is 0.0392. The highest BCUT2D eigenvalue weighted by atomic mass is 32.1. The molecule has 5 nitrogen and oxygen atoms in total. The van der Waals surface area contributed by atoms with Crippen molar-refractivity contribution in [3.63, 3.8) is 0 Å². The van der Waals surface area contributed by atoms with Gasteiger partial charge in [-0.15, -0.1) is 5.10 Å². The van der Waals surface area contributed by atoms with E-state index in [0.29, 0.717) is 9.09 Å². The molecule has 1 aliphatic rings. The van der Waals surface area contributed by atoms with Crippen LogP contribution in [0, 0.1) is 3.95 Å². The number of nitrogens with one attached hydrogen (secondary N) is 3. The van der Waals surface area contributed by atoms with E-state index in [1.165, 1.54) is 11.3 Å². The highest BCUT2D eigenvalue weighted by Gasteiger charge is 2.22. The second-order valence-electron chi connectivity index (χ2n) is 3.05. The van der Waals surface area contributed by atoms with Crippen molar-refractivity contribution in [2.24, 2.45) is 0 Å². The number of aromatic nitrogens is 2. The molecule has 1 atom stereocenters. The lowest BCUT2D eigenvalue weighted by molar-refractivity contribution is -0.123. The van der Waals surface area contributed by atoms with E-state index in [2.05, 4.69) is 20.8 Å². The number of anilines is 1. The Hall–Kier alpha value is -0.950. The van der Waals surface area contributed by atoms with Gasteiger partial charge in [0.2, 0.25) is 11.0 Å². The van der Waals surface area contributed by atoms with E-state index in [4.69, 9.17) is 12.2 Å². The van der Waals surface area contributed by atoms with Crippen molar-refractivity contribution in [3.05, 3.63) is 3.95 Å².